The van der Waals surface area contributed by atoms with Crippen LogP contribution >= 0.6 is 11.8 Å². The fraction of sp³-hybridized carbons (Fsp3) is 0.333. The number of amides is 1. The highest BCUT2D eigenvalue weighted by molar-refractivity contribution is 8.18. The van der Waals surface area contributed by atoms with E-state index < -0.39 is 0 Å². The average molecular weight is 422 g/mol. The standard InChI is InChI=1S/C24H27N3O2S/c1-2-16-29-21-10-8-19(9-11-21)17-22-23(28)25-24(30-22)27-14-12-26(13-15-27)18-20-6-4-3-5-7-20/h3-11,17H,2,12-16,18H2,1H3/b22-17+. The zero-order valence-corrected chi connectivity index (χ0v) is 18.1. The first-order chi connectivity index (χ1) is 14.7. The van der Waals surface area contributed by atoms with Crippen molar-refractivity contribution in [1.29, 1.82) is 0 Å². The molecule has 1 saturated heterocycles. The molecule has 0 aliphatic carbocycles. The molecule has 0 saturated carbocycles. The molecule has 0 spiro atoms. The Morgan fingerprint density at radius 2 is 1.77 bits per heavy atom. The largest absolute Gasteiger partial charge is 0.494 e. The van der Waals surface area contributed by atoms with Gasteiger partial charge in [-0.1, -0.05) is 49.4 Å². The molecule has 2 aromatic rings. The highest BCUT2D eigenvalue weighted by Gasteiger charge is 2.28. The molecule has 1 amide bonds. The van der Waals surface area contributed by atoms with Crippen LogP contribution in [0.2, 0.25) is 0 Å². The van der Waals surface area contributed by atoms with Crippen molar-refractivity contribution in [3.05, 3.63) is 70.6 Å². The van der Waals surface area contributed by atoms with Gasteiger partial charge < -0.3 is 9.64 Å². The van der Waals surface area contributed by atoms with Crippen LogP contribution in [-0.2, 0) is 11.3 Å². The minimum Gasteiger partial charge on any atom is -0.494 e. The van der Waals surface area contributed by atoms with E-state index in [4.69, 9.17) is 4.74 Å². The fourth-order valence-corrected chi connectivity index (χ4v) is 4.47. The number of amidine groups is 1. The van der Waals surface area contributed by atoms with Gasteiger partial charge in [-0.25, -0.2) is 0 Å². The highest BCUT2D eigenvalue weighted by atomic mass is 32.2. The minimum atomic E-state index is -0.145. The lowest BCUT2D eigenvalue weighted by molar-refractivity contribution is -0.113. The number of piperazine rings is 1. The quantitative estimate of drug-likeness (QED) is 0.652. The van der Waals surface area contributed by atoms with Gasteiger partial charge in [0.1, 0.15) is 5.75 Å². The van der Waals surface area contributed by atoms with Crippen molar-refractivity contribution in [2.24, 2.45) is 4.99 Å². The van der Waals surface area contributed by atoms with Crippen LogP contribution < -0.4 is 4.74 Å². The lowest BCUT2D eigenvalue weighted by atomic mass is 10.2. The van der Waals surface area contributed by atoms with Gasteiger partial charge in [0.25, 0.3) is 5.91 Å². The summed E-state index contributed by atoms with van der Waals surface area (Å²) in [5.74, 6) is 0.711. The molecule has 0 atom stereocenters. The zero-order chi connectivity index (χ0) is 20.8. The van der Waals surface area contributed by atoms with E-state index in [1.807, 2.05) is 36.4 Å². The number of thioether (sulfide) groups is 1. The fourth-order valence-electron chi connectivity index (χ4n) is 3.50. The lowest BCUT2D eigenvalue weighted by Gasteiger charge is -2.35. The van der Waals surface area contributed by atoms with Crippen LogP contribution in [0.3, 0.4) is 0 Å². The number of carbonyl (C=O) groups is 1. The Morgan fingerprint density at radius 3 is 2.47 bits per heavy atom. The Labute approximate surface area is 182 Å². The van der Waals surface area contributed by atoms with Crippen LogP contribution in [0.1, 0.15) is 24.5 Å². The smallest absolute Gasteiger partial charge is 0.286 e. The molecule has 0 unspecified atom stereocenters. The molecular formula is C24H27N3O2S. The van der Waals surface area contributed by atoms with Gasteiger partial charge in [0.05, 0.1) is 11.5 Å². The summed E-state index contributed by atoms with van der Waals surface area (Å²) in [4.78, 5) is 22.1. The van der Waals surface area contributed by atoms with Crippen molar-refractivity contribution in [2.45, 2.75) is 19.9 Å². The summed E-state index contributed by atoms with van der Waals surface area (Å²) in [6.45, 7) is 7.50. The molecule has 156 valence electrons. The van der Waals surface area contributed by atoms with E-state index in [0.29, 0.717) is 11.5 Å². The van der Waals surface area contributed by atoms with Gasteiger partial charge in [0, 0.05) is 32.7 Å². The van der Waals surface area contributed by atoms with Crippen molar-refractivity contribution in [1.82, 2.24) is 9.80 Å². The summed E-state index contributed by atoms with van der Waals surface area (Å²) >= 11 is 1.48. The Kier molecular flexibility index (Phi) is 6.87. The molecule has 5 nitrogen and oxygen atoms in total. The monoisotopic (exact) mass is 421 g/mol. The predicted molar refractivity (Wildman–Crippen MR) is 124 cm³/mol. The van der Waals surface area contributed by atoms with Crippen LogP contribution in [0.15, 0.2) is 64.5 Å². The first kappa shape index (κ1) is 20.7. The van der Waals surface area contributed by atoms with Crippen molar-refractivity contribution in [3.63, 3.8) is 0 Å². The van der Waals surface area contributed by atoms with Gasteiger partial charge in [0.15, 0.2) is 5.17 Å². The molecule has 0 bridgehead atoms. The number of rotatable bonds is 6. The molecule has 0 aromatic heterocycles. The molecule has 0 radical (unpaired) electrons. The molecule has 2 heterocycles. The van der Waals surface area contributed by atoms with Gasteiger partial charge in [-0.15, -0.1) is 0 Å². The first-order valence-corrected chi connectivity index (χ1v) is 11.3. The number of hydrogen-bond acceptors (Lipinski definition) is 5. The normalized spacial score (nSPS) is 18.7. The van der Waals surface area contributed by atoms with Gasteiger partial charge >= 0.3 is 0 Å². The van der Waals surface area contributed by atoms with E-state index in [1.54, 1.807) is 0 Å². The second-order valence-corrected chi connectivity index (χ2v) is 8.49. The van der Waals surface area contributed by atoms with E-state index in [1.165, 1.54) is 17.3 Å². The van der Waals surface area contributed by atoms with E-state index in [2.05, 4.69) is 46.0 Å². The summed E-state index contributed by atoms with van der Waals surface area (Å²) in [6.07, 6.45) is 2.90. The molecule has 2 aliphatic heterocycles. The van der Waals surface area contributed by atoms with E-state index >= 15 is 0 Å². The van der Waals surface area contributed by atoms with Crippen molar-refractivity contribution in [3.8, 4) is 5.75 Å². The maximum atomic E-state index is 12.4. The van der Waals surface area contributed by atoms with Crippen LogP contribution in [0.4, 0.5) is 0 Å². The Morgan fingerprint density at radius 1 is 1.03 bits per heavy atom. The topological polar surface area (TPSA) is 45.1 Å². The molecular weight excluding hydrogens is 394 g/mol. The number of aliphatic imine (C=N–C) groups is 1. The van der Waals surface area contributed by atoms with Gasteiger partial charge in [-0.05, 0) is 47.5 Å². The van der Waals surface area contributed by atoms with Crippen LogP contribution in [0.25, 0.3) is 6.08 Å². The van der Waals surface area contributed by atoms with Gasteiger partial charge in [-0.3, -0.25) is 9.69 Å². The third-order valence-electron chi connectivity index (χ3n) is 5.15. The highest BCUT2D eigenvalue weighted by Crippen LogP contribution is 2.31. The maximum absolute atomic E-state index is 12.4. The van der Waals surface area contributed by atoms with E-state index in [-0.39, 0.29) is 5.91 Å². The third-order valence-corrected chi connectivity index (χ3v) is 6.20. The Bertz CT molecular complexity index is 917. The molecule has 30 heavy (non-hydrogen) atoms. The molecule has 6 heteroatoms. The SMILES string of the molecule is CCCOc1ccc(/C=C2/SC(N3CCN(Cc4ccccc4)CC3)=NC2=O)cc1. The zero-order valence-electron chi connectivity index (χ0n) is 17.3. The second-order valence-electron chi connectivity index (χ2n) is 7.48. The Hall–Kier alpha value is -2.57. The van der Waals surface area contributed by atoms with Crippen molar-refractivity contribution in [2.75, 3.05) is 32.8 Å². The molecule has 4 rings (SSSR count). The maximum Gasteiger partial charge on any atom is 0.286 e. The first-order valence-electron chi connectivity index (χ1n) is 10.5. The van der Waals surface area contributed by atoms with E-state index in [9.17, 15) is 4.79 Å². The number of hydrogen-bond donors (Lipinski definition) is 0. The second kappa shape index (κ2) is 9.96. The number of benzene rings is 2. The van der Waals surface area contributed by atoms with Gasteiger partial charge in [-0.2, -0.15) is 4.99 Å². The molecule has 2 aliphatic rings. The van der Waals surface area contributed by atoms with Crippen molar-refractivity contribution < 1.29 is 9.53 Å². The van der Waals surface area contributed by atoms with Crippen LogP contribution in [-0.4, -0.2) is 53.7 Å². The summed E-state index contributed by atoms with van der Waals surface area (Å²) in [5, 5.41) is 0.827. The van der Waals surface area contributed by atoms with E-state index in [0.717, 1.165) is 55.6 Å². The van der Waals surface area contributed by atoms with Crippen molar-refractivity contribution >= 4 is 28.9 Å². The summed E-state index contributed by atoms with van der Waals surface area (Å²) < 4.78 is 5.62. The van der Waals surface area contributed by atoms with Crippen LogP contribution in [0, 0.1) is 0 Å². The predicted octanol–water partition coefficient (Wildman–Crippen LogP) is 4.26. The number of ether oxygens (including phenoxy) is 1. The molecule has 2 aromatic carbocycles. The van der Waals surface area contributed by atoms with Crippen LogP contribution in [0.5, 0.6) is 5.75 Å². The summed E-state index contributed by atoms with van der Waals surface area (Å²) in [5.41, 5.74) is 2.32. The third kappa shape index (κ3) is 5.32. The minimum absolute atomic E-state index is 0.145. The molecule has 1 fully saturated rings. The lowest BCUT2D eigenvalue weighted by Crippen LogP contribution is -2.47. The summed E-state index contributed by atoms with van der Waals surface area (Å²) in [6, 6.07) is 18.4. The average Bonchev–Trinajstić information content (AvgIpc) is 3.14. The molecule has 0 N–H and O–H groups in total. The number of carbonyl (C=O) groups excluding carboxylic acids is 1. The Balaban J connectivity index is 1.31. The summed E-state index contributed by atoms with van der Waals surface area (Å²) in [7, 11) is 0. The van der Waals surface area contributed by atoms with Gasteiger partial charge in [0.2, 0.25) is 0 Å². The number of nitrogens with zero attached hydrogens (tertiary/aromatic N) is 3.